The van der Waals surface area contributed by atoms with Crippen LogP contribution in [-0.2, 0) is 0 Å². The second-order valence-corrected chi connectivity index (χ2v) is 8.50. The van der Waals surface area contributed by atoms with Crippen LogP contribution in [0.3, 0.4) is 0 Å². The fraction of sp³-hybridized carbons (Fsp3) is 0. The molecule has 0 aliphatic heterocycles. The van der Waals surface area contributed by atoms with Crippen LogP contribution in [0.2, 0.25) is 0 Å². The van der Waals surface area contributed by atoms with Gasteiger partial charge in [-0.05, 0) is 32.8 Å². The number of halogens is 2. The zero-order valence-corrected chi connectivity index (χ0v) is 11.7. The van der Waals surface area contributed by atoms with E-state index < -0.39 is 7.42 Å². The van der Waals surface area contributed by atoms with Gasteiger partial charge in [0.05, 0.1) is 0 Å². The molecule has 0 nitrogen and oxygen atoms in total. The third-order valence-electron chi connectivity index (χ3n) is 3.03. The van der Waals surface area contributed by atoms with Crippen molar-refractivity contribution in [1.82, 2.24) is 0 Å². The smallest absolute Gasteiger partial charge is 0.144 e. The van der Waals surface area contributed by atoms with Crippen LogP contribution >= 0.6 is 22.2 Å². The van der Waals surface area contributed by atoms with E-state index in [0.29, 0.717) is 0 Å². The first-order valence-electron chi connectivity index (χ1n) is 5.46. The maximum absolute atomic E-state index is 6.27. The highest BCUT2D eigenvalue weighted by molar-refractivity contribution is 7.40. The molecule has 3 aromatic rings. The summed E-state index contributed by atoms with van der Waals surface area (Å²) >= 11 is 12.5. The molecule has 0 saturated heterocycles. The van der Waals surface area contributed by atoms with Gasteiger partial charge in [-0.25, -0.2) is 0 Å². The first-order chi connectivity index (χ1) is 8.27. The summed E-state index contributed by atoms with van der Waals surface area (Å²) in [6.07, 6.45) is 0. The molecule has 84 valence electrons. The highest BCUT2D eigenvalue weighted by Gasteiger charge is 2.14. The van der Waals surface area contributed by atoms with Gasteiger partial charge in [-0.15, -0.1) is 22.2 Å². The number of fused-ring (bicyclic) bond motifs is 2. The zero-order valence-electron chi connectivity index (χ0n) is 9.03. The van der Waals surface area contributed by atoms with Gasteiger partial charge in [0, 0.05) is 0 Å². The average Bonchev–Trinajstić information content (AvgIpc) is 2.35. The maximum atomic E-state index is 6.27. The van der Waals surface area contributed by atoms with Crippen molar-refractivity contribution < 1.29 is 0 Å². The molecule has 0 heterocycles. The molecule has 3 heteroatoms. The van der Waals surface area contributed by atoms with Crippen molar-refractivity contribution >= 4 is 56.3 Å². The van der Waals surface area contributed by atoms with Gasteiger partial charge in [0.25, 0.3) is 7.42 Å². The zero-order chi connectivity index (χ0) is 11.8. The van der Waals surface area contributed by atoms with E-state index in [0.717, 1.165) is 5.19 Å². The Kier molecular flexibility index (Phi) is 2.83. The molecule has 0 bridgehead atoms. The summed E-state index contributed by atoms with van der Waals surface area (Å²) < 4.78 is 0. The first kappa shape index (κ1) is 11.1. The largest absolute Gasteiger partial charge is 0.267 e. The monoisotopic (exact) mass is 276 g/mol. The molecule has 0 aliphatic rings. The number of hydrogen-bond donors (Lipinski definition) is 0. The predicted molar refractivity (Wildman–Crippen MR) is 79.9 cm³/mol. The Bertz CT molecular complexity index is 638. The van der Waals surface area contributed by atoms with Gasteiger partial charge in [0.15, 0.2) is 0 Å². The Morgan fingerprint density at radius 1 is 0.706 bits per heavy atom. The van der Waals surface area contributed by atoms with E-state index >= 15 is 0 Å². The fourth-order valence-electron chi connectivity index (χ4n) is 2.28. The molecular formula is C14H10Cl2Si. The quantitative estimate of drug-likeness (QED) is 0.359. The van der Waals surface area contributed by atoms with Crippen molar-refractivity contribution in [3.8, 4) is 0 Å². The van der Waals surface area contributed by atoms with Crippen LogP contribution in [0.5, 0.6) is 0 Å². The minimum Gasteiger partial charge on any atom is -0.144 e. The molecule has 0 atom stereocenters. The lowest BCUT2D eigenvalue weighted by molar-refractivity contribution is 1.78. The SMILES string of the molecule is Cl[SiH](Cl)c1c2ccccc2cc2ccccc12. The summed E-state index contributed by atoms with van der Waals surface area (Å²) in [6.45, 7) is 0. The summed E-state index contributed by atoms with van der Waals surface area (Å²) in [4.78, 5) is 0. The van der Waals surface area contributed by atoms with Crippen LogP contribution in [-0.4, -0.2) is 7.42 Å². The van der Waals surface area contributed by atoms with Crippen molar-refractivity contribution in [2.75, 3.05) is 0 Å². The molecule has 0 unspecified atom stereocenters. The molecule has 3 aromatic carbocycles. The van der Waals surface area contributed by atoms with Gasteiger partial charge in [-0.2, -0.15) is 0 Å². The van der Waals surface area contributed by atoms with Crippen LogP contribution in [0.1, 0.15) is 0 Å². The molecule has 0 saturated carbocycles. The topological polar surface area (TPSA) is 0 Å². The molecule has 0 N–H and O–H groups in total. The van der Waals surface area contributed by atoms with Gasteiger partial charge >= 0.3 is 0 Å². The lowest BCUT2D eigenvalue weighted by atomic mass is 10.0. The number of benzene rings is 3. The van der Waals surface area contributed by atoms with Crippen LogP contribution in [0.15, 0.2) is 54.6 Å². The molecule has 3 rings (SSSR count). The minimum absolute atomic E-state index is 1.14. The third-order valence-corrected chi connectivity index (χ3v) is 5.40. The Morgan fingerprint density at radius 3 is 1.65 bits per heavy atom. The Balaban J connectivity index is 2.56. The fourth-order valence-corrected chi connectivity index (χ4v) is 4.69. The standard InChI is InChI=1S/C14H10Cl2Si/c15-17(16)14-12-7-3-1-5-10(12)9-11-6-2-4-8-13(11)14/h1-9,17H. The van der Waals surface area contributed by atoms with E-state index in [2.05, 4.69) is 30.3 Å². The molecule has 0 aliphatic carbocycles. The van der Waals surface area contributed by atoms with E-state index in [1.165, 1.54) is 21.5 Å². The first-order valence-corrected chi connectivity index (χ1v) is 9.53. The van der Waals surface area contributed by atoms with Gasteiger partial charge in [0.1, 0.15) is 0 Å². The normalized spacial score (nSPS) is 11.5. The van der Waals surface area contributed by atoms with Gasteiger partial charge in [-0.1, -0.05) is 48.5 Å². The van der Waals surface area contributed by atoms with Crippen molar-refractivity contribution in [2.45, 2.75) is 0 Å². The van der Waals surface area contributed by atoms with Crippen molar-refractivity contribution in [3.05, 3.63) is 54.6 Å². The van der Waals surface area contributed by atoms with E-state index in [1.54, 1.807) is 0 Å². The Morgan fingerprint density at radius 2 is 1.18 bits per heavy atom. The van der Waals surface area contributed by atoms with Crippen LogP contribution in [0, 0.1) is 0 Å². The summed E-state index contributed by atoms with van der Waals surface area (Å²) in [7, 11) is -1.88. The molecule has 0 amide bonds. The van der Waals surface area contributed by atoms with E-state index in [4.69, 9.17) is 22.2 Å². The van der Waals surface area contributed by atoms with Gasteiger partial charge in [-0.3, -0.25) is 0 Å². The molecule has 0 aromatic heterocycles. The molecule has 0 radical (unpaired) electrons. The van der Waals surface area contributed by atoms with E-state index in [9.17, 15) is 0 Å². The summed E-state index contributed by atoms with van der Waals surface area (Å²) in [6, 6.07) is 18.8. The average molecular weight is 277 g/mol. The summed E-state index contributed by atoms with van der Waals surface area (Å²) in [5.41, 5.74) is 0. The molecule has 17 heavy (non-hydrogen) atoms. The van der Waals surface area contributed by atoms with Crippen LogP contribution in [0.4, 0.5) is 0 Å². The van der Waals surface area contributed by atoms with Crippen molar-refractivity contribution in [3.63, 3.8) is 0 Å². The number of rotatable bonds is 1. The van der Waals surface area contributed by atoms with E-state index in [-0.39, 0.29) is 0 Å². The predicted octanol–water partition coefficient (Wildman–Crippen LogP) is 3.90. The minimum atomic E-state index is -1.88. The third kappa shape index (κ3) is 1.84. The molecule has 0 spiro atoms. The molecule has 0 fully saturated rings. The van der Waals surface area contributed by atoms with Crippen molar-refractivity contribution in [1.29, 1.82) is 0 Å². The highest BCUT2D eigenvalue weighted by atomic mass is 35.7. The Labute approximate surface area is 111 Å². The second kappa shape index (κ2) is 4.34. The lowest BCUT2D eigenvalue weighted by Gasteiger charge is -2.11. The van der Waals surface area contributed by atoms with E-state index in [1.807, 2.05) is 24.3 Å². The highest BCUT2D eigenvalue weighted by Crippen LogP contribution is 2.22. The summed E-state index contributed by atoms with van der Waals surface area (Å²) in [5, 5.41) is 5.93. The maximum Gasteiger partial charge on any atom is 0.267 e. The van der Waals surface area contributed by atoms with Gasteiger partial charge < -0.3 is 0 Å². The molecular weight excluding hydrogens is 267 g/mol. The summed E-state index contributed by atoms with van der Waals surface area (Å²) in [5.74, 6) is 0. The van der Waals surface area contributed by atoms with Crippen LogP contribution < -0.4 is 5.19 Å². The second-order valence-electron chi connectivity index (χ2n) is 4.03. The lowest BCUT2D eigenvalue weighted by Crippen LogP contribution is -2.20. The van der Waals surface area contributed by atoms with Crippen LogP contribution in [0.25, 0.3) is 21.5 Å². The number of hydrogen-bond acceptors (Lipinski definition) is 0. The Hall–Kier alpha value is -1.02. The van der Waals surface area contributed by atoms with Gasteiger partial charge in [0.2, 0.25) is 0 Å². The van der Waals surface area contributed by atoms with Crippen molar-refractivity contribution in [2.24, 2.45) is 0 Å².